The number of carboxylic acid groups (broad SMARTS) is 1. The zero-order chi connectivity index (χ0) is 18.8. The zero-order valence-electron chi connectivity index (χ0n) is 14.8. The summed E-state index contributed by atoms with van der Waals surface area (Å²) in [5.41, 5.74) is -0.277. The van der Waals surface area contributed by atoms with Crippen LogP contribution in [-0.2, 0) is 24.8 Å². The highest BCUT2D eigenvalue weighted by molar-refractivity contribution is 7.92. The van der Waals surface area contributed by atoms with Gasteiger partial charge in [0.25, 0.3) is 0 Å². The van der Waals surface area contributed by atoms with Crippen LogP contribution in [0.25, 0.3) is 0 Å². The summed E-state index contributed by atoms with van der Waals surface area (Å²) in [4.78, 5) is 26.0. The smallest absolute Gasteiger partial charge is 0.314 e. The van der Waals surface area contributed by atoms with Crippen molar-refractivity contribution in [2.45, 2.75) is 49.2 Å². The number of sulfone groups is 1. The summed E-state index contributed by atoms with van der Waals surface area (Å²) in [6.07, 6.45) is 3.68. The van der Waals surface area contributed by atoms with E-state index in [0.29, 0.717) is 25.7 Å². The summed E-state index contributed by atoms with van der Waals surface area (Å²) in [7, 11) is -3.41. The van der Waals surface area contributed by atoms with E-state index in [2.05, 4.69) is 0 Å². The maximum absolute atomic E-state index is 12.5. The third-order valence-corrected chi connectivity index (χ3v) is 7.98. The fraction of sp³-hybridized carbons (Fsp3) is 0.579. The van der Waals surface area contributed by atoms with Crippen molar-refractivity contribution in [1.82, 2.24) is 4.90 Å². The van der Waals surface area contributed by atoms with E-state index in [1.807, 2.05) is 18.2 Å². The minimum absolute atomic E-state index is 0.264. The van der Waals surface area contributed by atoms with Gasteiger partial charge < -0.3 is 10.0 Å². The largest absolute Gasteiger partial charge is 0.481 e. The summed E-state index contributed by atoms with van der Waals surface area (Å²) in [6.45, 7) is 0.528. The second-order valence-electron chi connectivity index (χ2n) is 7.35. The lowest BCUT2D eigenvalue weighted by Gasteiger charge is -2.39. The van der Waals surface area contributed by atoms with Gasteiger partial charge in [0, 0.05) is 13.1 Å². The average molecular weight is 379 g/mol. The van der Waals surface area contributed by atoms with Crippen LogP contribution in [0.15, 0.2) is 30.3 Å². The Hall–Kier alpha value is -1.89. The Bertz CT molecular complexity index is 760. The number of benzene rings is 1. The highest BCUT2D eigenvalue weighted by Gasteiger charge is 2.44. The molecule has 0 aromatic heterocycles. The van der Waals surface area contributed by atoms with Gasteiger partial charge in [-0.15, -0.1) is 0 Å². The zero-order valence-corrected chi connectivity index (χ0v) is 15.6. The van der Waals surface area contributed by atoms with Gasteiger partial charge in [-0.25, -0.2) is 8.42 Å². The average Bonchev–Trinajstić information content (AvgIpc) is 3.18. The van der Waals surface area contributed by atoms with Crippen LogP contribution < -0.4 is 0 Å². The number of likely N-dealkylation sites (tertiary alicyclic amines) is 1. The van der Waals surface area contributed by atoms with Crippen LogP contribution in [0.5, 0.6) is 0 Å². The monoisotopic (exact) mass is 379 g/mol. The molecule has 26 heavy (non-hydrogen) atoms. The number of piperidine rings is 1. The normalized spacial score (nSPS) is 20.8. The third kappa shape index (κ3) is 3.63. The lowest BCUT2D eigenvalue weighted by Crippen LogP contribution is -2.50. The van der Waals surface area contributed by atoms with E-state index in [4.69, 9.17) is 0 Å². The van der Waals surface area contributed by atoms with Crippen LogP contribution >= 0.6 is 0 Å². The number of amides is 1. The first kappa shape index (κ1) is 18.9. The summed E-state index contributed by atoms with van der Waals surface area (Å²) >= 11 is 0. The van der Waals surface area contributed by atoms with Gasteiger partial charge in [0.15, 0.2) is 9.84 Å². The Balaban J connectivity index is 1.67. The molecule has 1 aromatic rings. The second-order valence-corrected chi connectivity index (χ2v) is 9.63. The molecule has 1 aromatic carbocycles. The van der Waals surface area contributed by atoms with Crippen LogP contribution in [0.1, 0.15) is 44.1 Å². The molecule has 1 aliphatic heterocycles. The van der Waals surface area contributed by atoms with E-state index in [1.54, 1.807) is 12.1 Å². The molecule has 1 aliphatic carbocycles. The third-order valence-electron chi connectivity index (χ3n) is 5.84. The molecule has 7 heteroatoms. The van der Waals surface area contributed by atoms with Crippen molar-refractivity contribution in [3.8, 4) is 0 Å². The van der Waals surface area contributed by atoms with Crippen molar-refractivity contribution in [3.63, 3.8) is 0 Å². The Labute approximate surface area is 154 Å². The van der Waals surface area contributed by atoms with Crippen molar-refractivity contribution in [3.05, 3.63) is 35.9 Å². The van der Waals surface area contributed by atoms with E-state index in [-0.39, 0.29) is 13.1 Å². The topological polar surface area (TPSA) is 91.8 Å². The molecule has 0 radical (unpaired) electrons. The standard InChI is InChI=1S/C19H25NO5S/c21-17(14-26(24,25)16-8-4-5-9-16)20-12-10-19(11-13-20,18(22)23)15-6-2-1-3-7-15/h1-3,6-7,16H,4-5,8-14H2,(H,22,23). The number of hydrogen-bond donors (Lipinski definition) is 1. The first-order chi connectivity index (χ1) is 12.3. The van der Waals surface area contributed by atoms with Gasteiger partial charge in [-0.3, -0.25) is 9.59 Å². The number of carboxylic acids is 1. The quantitative estimate of drug-likeness (QED) is 0.845. The van der Waals surface area contributed by atoms with Crippen LogP contribution in [0.2, 0.25) is 0 Å². The van der Waals surface area contributed by atoms with Crippen molar-refractivity contribution < 1.29 is 23.1 Å². The fourth-order valence-electron chi connectivity index (χ4n) is 4.15. The molecule has 142 valence electrons. The highest BCUT2D eigenvalue weighted by Crippen LogP contribution is 2.36. The number of rotatable bonds is 5. The summed E-state index contributed by atoms with van der Waals surface area (Å²) < 4.78 is 24.8. The predicted octanol–water partition coefficient (Wildman–Crippen LogP) is 1.99. The predicted molar refractivity (Wildman–Crippen MR) is 97.6 cm³/mol. The Morgan fingerprint density at radius 2 is 1.65 bits per heavy atom. The molecule has 1 amide bonds. The van der Waals surface area contributed by atoms with Crippen LogP contribution in [0.4, 0.5) is 0 Å². The molecular weight excluding hydrogens is 354 g/mol. The minimum atomic E-state index is -3.41. The molecule has 2 fully saturated rings. The molecule has 1 saturated heterocycles. The number of carbonyl (C=O) groups is 2. The second kappa shape index (κ2) is 7.39. The van der Waals surface area contributed by atoms with E-state index < -0.39 is 38.1 Å². The maximum Gasteiger partial charge on any atom is 0.314 e. The first-order valence-corrected chi connectivity index (χ1v) is 10.8. The molecule has 1 heterocycles. The lowest BCUT2D eigenvalue weighted by atomic mass is 9.73. The van der Waals surface area contributed by atoms with Crippen molar-refractivity contribution >= 4 is 21.7 Å². The van der Waals surface area contributed by atoms with E-state index in [1.165, 1.54) is 4.90 Å². The lowest BCUT2D eigenvalue weighted by molar-refractivity contribution is -0.148. The van der Waals surface area contributed by atoms with Gasteiger partial charge in [-0.2, -0.15) is 0 Å². The molecule has 0 bridgehead atoms. The van der Waals surface area contributed by atoms with Crippen molar-refractivity contribution in [1.29, 1.82) is 0 Å². The van der Waals surface area contributed by atoms with E-state index in [9.17, 15) is 23.1 Å². The fourth-order valence-corrected chi connectivity index (χ4v) is 5.96. The molecule has 2 aliphatic rings. The van der Waals surface area contributed by atoms with Crippen LogP contribution in [0, 0.1) is 0 Å². The van der Waals surface area contributed by atoms with Gasteiger partial charge in [0.05, 0.1) is 10.7 Å². The summed E-state index contributed by atoms with van der Waals surface area (Å²) in [6, 6.07) is 9.06. The van der Waals surface area contributed by atoms with Crippen LogP contribution in [-0.4, -0.2) is 54.4 Å². The Morgan fingerprint density at radius 1 is 1.08 bits per heavy atom. The Morgan fingerprint density at radius 3 is 2.19 bits per heavy atom. The maximum atomic E-state index is 12.5. The molecule has 1 N–H and O–H groups in total. The first-order valence-electron chi connectivity index (χ1n) is 9.13. The molecular formula is C19H25NO5S. The molecule has 0 atom stereocenters. The van der Waals surface area contributed by atoms with Gasteiger partial charge in [0.2, 0.25) is 5.91 Å². The van der Waals surface area contributed by atoms with Gasteiger partial charge >= 0.3 is 5.97 Å². The number of hydrogen-bond acceptors (Lipinski definition) is 4. The SMILES string of the molecule is O=C(CS(=O)(=O)C1CCCC1)N1CCC(C(=O)O)(c2ccccc2)CC1. The van der Waals surface area contributed by atoms with Gasteiger partial charge in [-0.05, 0) is 31.2 Å². The summed E-state index contributed by atoms with van der Waals surface area (Å²) in [5.74, 6) is -1.75. The number of nitrogens with zero attached hydrogens (tertiary/aromatic N) is 1. The number of aliphatic carboxylic acids is 1. The number of carbonyl (C=O) groups excluding carboxylic acids is 1. The molecule has 6 nitrogen and oxygen atoms in total. The van der Waals surface area contributed by atoms with E-state index >= 15 is 0 Å². The van der Waals surface area contributed by atoms with Crippen LogP contribution in [0.3, 0.4) is 0 Å². The van der Waals surface area contributed by atoms with Gasteiger partial charge in [0.1, 0.15) is 5.75 Å². The van der Waals surface area contributed by atoms with Crippen molar-refractivity contribution in [2.75, 3.05) is 18.8 Å². The molecule has 0 unspecified atom stereocenters. The van der Waals surface area contributed by atoms with Gasteiger partial charge in [-0.1, -0.05) is 43.2 Å². The molecule has 3 rings (SSSR count). The molecule has 1 saturated carbocycles. The summed E-state index contributed by atoms with van der Waals surface area (Å²) in [5, 5.41) is 9.41. The highest BCUT2D eigenvalue weighted by atomic mass is 32.2. The Kier molecular flexibility index (Phi) is 5.37. The minimum Gasteiger partial charge on any atom is -0.481 e. The van der Waals surface area contributed by atoms with Crippen molar-refractivity contribution in [2.24, 2.45) is 0 Å². The molecule has 0 spiro atoms. The van der Waals surface area contributed by atoms with E-state index in [0.717, 1.165) is 18.4 Å².